The molecule has 0 saturated heterocycles. The molecular formula is C19H23O6S-. The first-order valence-electron chi connectivity index (χ1n) is 8.44. The molecule has 0 bridgehead atoms. The van der Waals surface area contributed by atoms with Crippen molar-refractivity contribution in [2.75, 3.05) is 13.2 Å². The highest BCUT2D eigenvalue weighted by molar-refractivity contribution is 7.86. The molecule has 0 aliphatic heterocycles. The van der Waals surface area contributed by atoms with Crippen LogP contribution in [0.2, 0.25) is 0 Å². The molecule has 0 fully saturated rings. The molecule has 2 aromatic rings. The van der Waals surface area contributed by atoms with Crippen LogP contribution in [-0.4, -0.2) is 32.2 Å². The summed E-state index contributed by atoms with van der Waals surface area (Å²) in [5.41, 5.74) is -0.503. The van der Waals surface area contributed by atoms with E-state index in [1.54, 1.807) is 24.3 Å². The number of benzene rings is 2. The monoisotopic (exact) mass is 379 g/mol. The fourth-order valence-corrected chi connectivity index (χ4v) is 3.02. The van der Waals surface area contributed by atoms with E-state index in [4.69, 9.17) is 9.47 Å². The normalized spacial score (nSPS) is 12.2. The van der Waals surface area contributed by atoms with Crippen LogP contribution in [0.1, 0.15) is 33.6 Å². The molecule has 26 heavy (non-hydrogen) atoms. The molecule has 0 heterocycles. The van der Waals surface area contributed by atoms with Crippen LogP contribution in [0.25, 0.3) is 10.8 Å². The van der Waals surface area contributed by atoms with E-state index in [1.807, 2.05) is 20.8 Å². The van der Waals surface area contributed by atoms with Gasteiger partial charge in [0.25, 0.3) is 0 Å². The second kappa shape index (κ2) is 8.05. The van der Waals surface area contributed by atoms with E-state index in [-0.39, 0.29) is 17.5 Å². The number of fused-ring (bicyclic) bond motifs is 1. The van der Waals surface area contributed by atoms with E-state index < -0.39 is 15.5 Å². The standard InChI is InChI=1S/C19H24O6S/c1-4-19(2,3)18(20)25-13-7-12-24-16-10-11-17(26(21,22)23)15-9-6-5-8-14(15)16/h5-6,8-11H,4,7,12-13H2,1-3H3,(H,21,22,23)/p-1. The maximum atomic E-state index is 11.9. The van der Waals surface area contributed by atoms with Gasteiger partial charge < -0.3 is 14.0 Å². The average molecular weight is 379 g/mol. The summed E-state index contributed by atoms with van der Waals surface area (Å²) in [6.07, 6.45) is 1.20. The van der Waals surface area contributed by atoms with E-state index in [1.165, 1.54) is 12.1 Å². The van der Waals surface area contributed by atoms with Crippen molar-refractivity contribution < 1.29 is 27.2 Å². The van der Waals surface area contributed by atoms with Gasteiger partial charge in [0.2, 0.25) is 0 Å². The topological polar surface area (TPSA) is 92.7 Å². The Hall–Kier alpha value is -2.12. The highest BCUT2D eigenvalue weighted by Crippen LogP contribution is 2.31. The lowest BCUT2D eigenvalue weighted by molar-refractivity contribution is -0.154. The van der Waals surface area contributed by atoms with Crippen molar-refractivity contribution in [2.24, 2.45) is 5.41 Å². The van der Waals surface area contributed by atoms with Gasteiger partial charge in [-0.15, -0.1) is 0 Å². The van der Waals surface area contributed by atoms with Gasteiger partial charge in [0, 0.05) is 17.2 Å². The molecule has 0 atom stereocenters. The smallest absolute Gasteiger partial charge is 0.311 e. The molecule has 0 spiro atoms. The van der Waals surface area contributed by atoms with Crippen LogP contribution in [0.5, 0.6) is 5.75 Å². The molecule has 0 N–H and O–H groups in total. The Morgan fingerprint density at radius 3 is 2.35 bits per heavy atom. The van der Waals surface area contributed by atoms with Gasteiger partial charge in [0.1, 0.15) is 15.9 Å². The Morgan fingerprint density at radius 1 is 1.08 bits per heavy atom. The lowest BCUT2D eigenvalue weighted by Gasteiger charge is -2.20. The summed E-state index contributed by atoms with van der Waals surface area (Å²) in [6, 6.07) is 9.40. The first kappa shape index (κ1) is 20.2. The van der Waals surface area contributed by atoms with Gasteiger partial charge in [0.05, 0.1) is 23.5 Å². The fourth-order valence-electron chi connectivity index (χ4n) is 2.33. The number of rotatable bonds is 8. The zero-order valence-electron chi connectivity index (χ0n) is 15.2. The van der Waals surface area contributed by atoms with Crippen LogP contribution in [-0.2, 0) is 19.6 Å². The van der Waals surface area contributed by atoms with Crippen molar-refractivity contribution in [1.29, 1.82) is 0 Å². The molecule has 6 nitrogen and oxygen atoms in total. The Balaban J connectivity index is 2.01. The van der Waals surface area contributed by atoms with Gasteiger partial charge in [-0.2, -0.15) is 0 Å². The number of carbonyl (C=O) groups is 1. The number of ether oxygens (including phenoxy) is 2. The highest BCUT2D eigenvalue weighted by Gasteiger charge is 2.26. The molecule has 0 unspecified atom stereocenters. The number of carbonyl (C=O) groups excluding carboxylic acids is 1. The minimum Gasteiger partial charge on any atom is -0.744 e. The zero-order valence-corrected chi connectivity index (χ0v) is 16.0. The molecule has 2 rings (SSSR count). The van der Waals surface area contributed by atoms with Crippen LogP contribution in [0.15, 0.2) is 41.3 Å². The first-order chi connectivity index (χ1) is 12.2. The second-order valence-corrected chi connectivity index (χ2v) is 7.98. The molecular weight excluding hydrogens is 356 g/mol. The summed E-state index contributed by atoms with van der Waals surface area (Å²) in [7, 11) is -4.56. The summed E-state index contributed by atoms with van der Waals surface area (Å²) in [5, 5.41) is 0.879. The van der Waals surface area contributed by atoms with Gasteiger partial charge in [0.15, 0.2) is 0 Å². The van der Waals surface area contributed by atoms with Gasteiger partial charge in [-0.1, -0.05) is 31.2 Å². The lowest BCUT2D eigenvalue weighted by Crippen LogP contribution is -2.26. The van der Waals surface area contributed by atoms with Crippen molar-refractivity contribution in [3.63, 3.8) is 0 Å². The van der Waals surface area contributed by atoms with E-state index >= 15 is 0 Å². The van der Waals surface area contributed by atoms with Gasteiger partial charge in [-0.3, -0.25) is 4.79 Å². The number of hydrogen-bond donors (Lipinski definition) is 0. The predicted molar refractivity (Wildman–Crippen MR) is 97.1 cm³/mol. The summed E-state index contributed by atoms with van der Waals surface area (Å²) >= 11 is 0. The quantitative estimate of drug-likeness (QED) is 0.396. The predicted octanol–water partition coefficient (Wildman–Crippen LogP) is 3.49. The largest absolute Gasteiger partial charge is 0.744 e. The van der Waals surface area contributed by atoms with Crippen molar-refractivity contribution >= 4 is 26.9 Å². The summed E-state index contributed by atoms with van der Waals surface area (Å²) in [6.45, 7) is 6.15. The third kappa shape index (κ3) is 4.74. The molecule has 0 amide bonds. The van der Waals surface area contributed by atoms with Crippen LogP contribution in [0, 0.1) is 5.41 Å². The molecule has 0 radical (unpaired) electrons. The average Bonchev–Trinajstić information content (AvgIpc) is 2.60. The van der Waals surface area contributed by atoms with E-state index in [2.05, 4.69) is 0 Å². The van der Waals surface area contributed by atoms with Crippen molar-refractivity contribution in [3.05, 3.63) is 36.4 Å². The van der Waals surface area contributed by atoms with E-state index in [0.717, 1.165) is 0 Å². The Morgan fingerprint density at radius 2 is 1.73 bits per heavy atom. The van der Waals surface area contributed by atoms with Gasteiger partial charge in [-0.25, -0.2) is 8.42 Å². The van der Waals surface area contributed by atoms with E-state index in [0.29, 0.717) is 36.0 Å². The Labute approximate surface area is 153 Å². The van der Waals surface area contributed by atoms with Crippen LogP contribution in [0.3, 0.4) is 0 Å². The second-order valence-electron chi connectivity index (χ2n) is 6.64. The molecule has 7 heteroatoms. The van der Waals surface area contributed by atoms with Gasteiger partial charge >= 0.3 is 5.97 Å². The highest BCUT2D eigenvalue weighted by atomic mass is 32.2. The van der Waals surface area contributed by atoms with Crippen molar-refractivity contribution in [3.8, 4) is 5.75 Å². The molecule has 0 aromatic heterocycles. The SMILES string of the molecule is CCC(C)(C)C(=O)OCCCOc1ccc(S(=O)(=O)[O-])c2ccccc12. The zero-order chi connectivity index (χ0) is 19.4. The van der Waals surface area contributed by atoms with Crippen molar-refractivity contribution in [2.45, 2.75) is 38.5 Å². The maximum Gasteiger partial charge on any atom is 0.311 e. The third-order valence-corrected chi connectivity index (χ3v) is 5.22. The number of esters is 1. The van der Waals surface area contributed by atoms with Crippen molar-refractivity contribution in [1.82, 2.24) is 0 Å². The minimum absolute atomic E-state index is 0.240. The van der Waals surface area contributed by atoms with Gasteiger partial charge in [-0.05, 0) is 32.4 Å². The third-order valence-electron chi connectivity index (χ3n) is 4.33. The van der Waals surface area contributed by atoms with Crippen LogP contribution in [0.4, 0.5) is 0 Å². The maximum absolute atomic E-state index is 11.9. The lowest BCUT2D eigenvalue weighted by atomic mass is 9.91. The molecule has 0 saturated carbocycles. The molecule has 0 aliphatic carbocycles. The van der Waals surface area contributed by atoms with Crippen LogP contribution < -0.4 is 4.74 Å². The molecule has 0 aliphatic rings. The summed E-state index contributed by atoms with van der Waals surface area (Å²) in [5.74, 6) is 0.240. The van der Waals surface area contributed by atoms with Crippen LogP contribution >= 0.6 is 0 Å². The Bertz CT molecular complexity index is 886. The summed E-state index contributed by atoms with van der Waals surface area (Å²) in [4.78, 5) is 11.6. The minimum atomic E-state index is -4.56. The fraction of sp³-hybridized carbons (Fsp3) is 0.421. The Kier molecular flexibility index (Phi) is 6.26. The number of hydrogen-bond acceptors (Lipinski definition) is 6. The molecule has 2 aromatic carbocycles. The molecule has 142 valence electrons. The van der Waals surface area contributed by atoms with E-state index in [9.17, 15) is 17.8 Å². The first-order valence-corrected chi connectivity index (χ1v) is 9.85. The summed E-state index contributed by atoms with van der Waals surface area (Å²) < 4.78 is 45.1.